The number of nitrogens with zero attached hydrogens (tertiary/aromatic N) is 1. The van der Waals surface area contributed by atoms with E-state index in [0.29, 0.717) is 19.5 Å². The Bertz CT molecular complexity index is 604. The molecule has 4 nitrogen and oxygen atoms in total. The summed E-state index contributed by atoms with van der Waals surface area (Å²) < 4.78 is 13.1. The van der Waals surface area contributed by atoms with Gasteiger partial charge in [0.25, 0.3) is 0 Å². The Hall–Kier alpha value is -2.43. The average molecular weight is 301 g/mol. The van der Waals surface area contributed by atoms with E-state index >= 15 is 0 Å². The molecule has 0 aliphatic rings. The Morgan fingerprint density at radius 3 is 2.82 bits per heavy atom. The van der Waals surface area contributed by atoms with Gasteiger partial charge in [0.05, 0.1) is 0 Å². The van der Waals surface area contributed by atoms with Crippen molar-refractivity contribution in [3.05, 3.63) is 60.0 Å². The van der Waals surface area contributed by atoms with Crippen LogP contribution in [0.2, 0.25) is 0 Å². The summed E-state index contributed by atoms with van der Waals surface area (Å²) in [5, 5.41) is 5.99. The van der Waals surface area contributed by atoms with Crippen LogP contribution in [0.1, 0.15) is 12.5 Å². The number of hydrogen-bond donors (Lipinski definition) is 2. The molecule has 1 heterocycles. The minimum Gasteiger partial charge on any atom is -0.368 e. The van der Waals surface area contributed by atoms with Gasteiger partial charge in [0.2, 0.25) is 5.91 Å². The molecule has 116 valence electrons. The summed E-state index contributed by atoms with van der Waals surface area (Å²) in [4.78, 5) is 16.1. The number of carbonyl (C=O) groups is 1. The van der Waals surface area contributed by atoms with Crippen molar-refractivity contribution in [3.8, 4) is 0 Å². The molecule has 1 aromatic heterocycles. The summed E-state index contributed by atoms with van der Waals surface area (Å²) >= 11 is 0. The fourth-order valence-corrected chi connectivity index (χ4v) is 2.13. The number of rotatable bonds is 7. The van der Waals surface area contributed by atoms with Crippen molar-refractivity contribution < 1.29 is 9.18 Å². The molecule has 2 aromatic rings. The predicted molar refractivity (Wildman–Crippen MR) is 85.0 cm³/mol. The van der Waals surface area contributed by atoms with Crippen LogP contribution in [-0.2, 0) is 11.2 Å². The Morgan fingerprint density at radius 2 is 2.09 bits per heavy atom. The lowest BCUT2D eigenvalue weighted by Gasteiger charge is -2.13. The van der Waals surface area contributed by atoms with Crippen LogP contribution in [0.15, 0.2) is 48.7 Å². The van der Waals surface area contributed by atoms with Crippen LogP contribution in [-0.4, -0.2) is 24.0 Å². The molecule has 0 spiro atoms. The monoisotopic (exact) mass is 301 g/mol. The lowest BCUT2D eigenvalue weighted by Crippen LogP contribution is -2.33. The number of halogens is 1. The van der Waals surface area contributed by atoms with Gasteiger partial charge in [-0.25, -0.2) is 9.37 Å². The normalized spacial score (nSPS) is 11.7. The fourth-order valence-electron chi connectivity index (χ4n) is 2.13. The molecular weight excluding hydrogens is 281 g/mol. The predicted octanol–water partition coefficient (Wildman–Crippen LogP) is 2.63. The molecule has 1 amide bonds. The highest BCUT2D eigenvalue weighted by Gasteiger charge is 2.13. The molecule has 0 bridgehead atoms. The SMILES string of the molecule is CC(Cc1cccc(F)c1)C(=O)NCCNc1ccccn1. The van der Waals surface area contributed by atoms with E-state index in [2.05, 4.69) is 15.6 Å². The van der Waals surface area contributed by atoms with Crippen LogP contribution in [0, 0.1) is 11.7 Å². The summed E-state index contributed by atoms with van der Waals surface area (Å²) in [6.07, 6.45) is 2.24. The van der Waals surface area contributed by atoms with E-state index in [1.807, 2.05) is 31.2 Å². The number of carbonyl (C=O) groups excluding carboxylic acids is 1. The van der Waals surface area contributed by atoms with Gasteiger partial charge in [-0.05, 0) is 36.2 Å². The third-order valence-corrected chi connectivity index (χ3v) is 3.27. The number of nitrogens with one attached hydrogen (secondary N) is 2. The highest BCUT2D eigenvalue weighted by molar-refractivity contribution is 5.78. The van der Waals surface area contributed by atoms with E-state index in [1.165, 1.54) is 12.1 Å². The molecule has 1 unspecified atom stereocenters. The van der Waals surface area contributed by atoms with Gasteiger partial charge in [0, 0.05) is 25.2 Å². The Kier molecular flexibility index (Phi) is 5.89. The second-order valence-corrected chi connectivity index (χ2v) is 5.17. The summed E-state index contributed by atoms with van der Waals surface area (Å²) in [6.45, 7) is 2.96. The van der Waals surface area contributed by atoms with Gasteiger partial charge in [0.15, 0.2) is 0 Å². The van der Waals surface area contributed by atoms with Crippen molar-refractivity contribution in [1.29, 1.82) is 0 Å². The number of aromatic nitrogens is 1. The maximum atomic E-state index is 13.1. The molecule has 22 heavy (non-hydrogen) atoms. The summed E-state index contributed by atoms with van der Waals surface area (Å²) in [5.41, 5.74) is 0.828. The van der Waals surface area contributed by atoms with Crippen LogP contribution in [0.4, 0.5) is 10.2 Å². The summed E-state index contributed by atoms with van der Waals surface area (Å²) in [6, 6.07) is 12.0. The smallest absolute Gasteiger partial charge is 0.223 e. The summed E-state index contributed by atoms with van der Waals surface area (Å²) in [7, 11) is 0. The number of amides is 1. The molecule has 1 aromatic carbocycles. The highest BCUT2D eigenvalue weighted by Crippen LogP contribution is 2.10. The standard InChI is InChI=1S/C17H20FN3O/c1-13(11-14-5-4-6-15(18)12-14)17(22)21-10-9-20-16-7-2-3-8-19-16/h2-8,12-13H,9-11H2,1H3,(H,19,20)(H,21,22). The first-order valence-corrected chi connectivity index (χ1v) is 7.32. The largest absolute Gasteiger partial charge is 0.368 e. The van der Waals surface area contributed by atoms with Gasteiger partial charge in [-0.1, -0.05) is 25.1 Å². The van der Waals surface area contributed by atoms with Crippen molar-refractivity contribution in [3.63, 3.8) is 0 Å². The molecule has 5 heteroatoms. The number of benzene rings is 1. The average Bonchev–Trinajstić information content (AvgIpc) is 2.52. The molecular formula is C17H20FN3O. The van der Waals surface area contributed by atoms with E-state index in [0.717, 1.165) is 11.4 Å². The zero-order chi connectivity index (χ0) is 15.8. The van der Waals surface area contributed by atoms with Crippen molar-refractivity contribution in [2.75, 3.05) is 18.4 Å². The Labute approximate surface area is 129 Å². The van der Waals surface area contributed by atoms with Crippen LogP contribution >= 0.6 is 0 Å². The fraction of sp³-hybridized carbons (Fsp3) is 0.294. The molecule has 0 fully saturated rings. The molecule has 0 saturated carbocycles. The minimum atomic E-state index is -0.273. The summed E-state index contributed by atoms with van der Waals surface area (Å²) in [5.74, 6) is 0.276. The zero-order valence-electron chi connectivity index (χ0n) is 12.6. The van der Waals surface area contributed by atoms with E-state index in [1.54, 1.807) is 12.3 Å². The van der Waals surface area contributed by atoms with Crippen molar-refractivity contribution in [1.82, 2.24) is 10.3 Å². The minimum absolute atomic E-state index is 0.0351. The van der Waals surface area contributed by atoms with E-state index in [-0.39, 0.29) is 17.6 Å². The molecule has 0 aliphatic heterocycles. The van der Waals surface area contributed by atoms with Gasteiger partial charge >= 0.3 is 0 Å². The van der Waals surface area contributed by atoms with Gasteiger partial charge in [-0.3, -0.25) is 4.79 Å². The van der Waals surface area contributed by atoms with Crippen molar-refractivity contribution in [2.24, 2.45) is 5.92 Å². The first-order valence-electron chi connectivity index (χ1n) is 7.32. The molecule has 0 saturated heterocycles. The quantitative estimate of drug-likeness (QED) is 0.773. The Morgan fingerprint density at radius 1 is 1.23 bits per heavy atom. The van der Waals surface area contributed by atoms with E-state index in [4.69, 9.17) is 0 Å². The Balaban J connectivity index is 1.70. The second kappa shape index (κ2) is 8.12. The molecule has 1 atom stereocenters. The third-order valence-electron chi connectivity index (χ3n) is 3.27. The first-order chi connectivity index (χ1) is 10.6. The maximum Gasteiger partial charge on any atom is 0.223 e. The number of anilines is 1. The van der Waals surface area contributed by atoms with Gasteiger partial charge in [-0.2, -0.15) is 0 Å². The van der Waals surface area contributed by atoms with Crippen molar-refractivity contribution >= 4 is 11.7 Å². The molecule has 0 aliphatic carbocycles. The number of pyridine rings is 1. The van der Waals surface area contributed by atoms with Crippen LogP contribution in [0.3, 0.4) is 0 Å². The van der Waals surface area contributed by atoms with Gasteiger partial charge in [0.1, 0.15) is 11.6 Å². The second-order valence-electron chi connectivity index (χ2n) is 5.17. The lowest BCUT2D eigenvalue weighted by molar-refractivity contribution is -0.124. The zero-order valence-corrected chi connectivity index (χ0v) is 12.6. The third kappa shape index (κ3) is 5.16. The molecule has 2 N–H and O–H groups in total. The first kappa shape index (κ1) is 15.9. The van der Waals surface area contributed by atoms with Crippen LogP contribution in [0.5, 0.6) is 0 Å². The topological polar surface area (TPSA) is 54.0 Å². The number of hydrogen-bond acceptors (Lipinski definition) is 3. The maximum absolute atomic E-state index is 13.1. The van der Waals surface area contributed by atoms with Crippen LogP contribution < -0.4 is 10.6 Å². The van der Waals surface area contributed by atoms with E-state index < -0.39 is 0 Å². The van der Waals surface area contributed by atoms with Gasteiger partial charge in [-0.15, -0.1) is 0 Å². The van der Waals surface area contributed by atoms with Gasteiger partial charge < -0.3 is 10.6 Å². The van der Waals surface area contributed by atoms with Crippen LogP contribution in [0.25, 0.3) is 0 Å². The van der Waals surface area contributed by atoms with E-state index in [9.17, 15) is 9.18 Å². The lowest BCUT2D eigenvalue weighted by atomic mass is 10.0. The van der Waals surface area contributed by atoms with Crippen molar-refractivity contribution in [2.45, 2.75) is 13.3 Å². The molecule has 2 rings (SSSR count). The highest BCUT2D eigenvalue weighted by atomic mass is 19.1. The molecule has 0 radical (unpaired) electrons.